The molecule has 0 saturated heterocycles. The summed E-state index contributed by atoms with van der Waals surface area (Å²) in [6.07, 6.45) is 4.53. The van der Waals surface area contributed by atoms with Gasteiger partial charge in [-0.15, -0.1) is 0 Å². The normalized spacial score (nSPS) is 17.6. The smallest absolute Gasteiger partial charge is 0.165 e. The van der Waals surface area contributed by atoms with Crippen LogP contribution < -0.4 is 0 Å². The van der Waals surface area contributed by atoms with Crippen molar-refractivity contribution in [3.63, 3.8) is 0 Å². The van der Waals surface area contributed by atoms with E-state index in [1.807, 2.05) is 12.2 Å². The Hall–Kier alpha value is -0.340. The molecular formula is C9H18O2. The molecule has 1 unspecified atom stereocenters. The topological polar surface area (TPSA) is 29.5 Å². The molecule has 1 N–H and O–H groups in total. The van der Waals surface area contributed by atoms with Gasteiger partial charge in [0.05, 0.1) is 0 Å². The van der Waals surface area contributed by atoms with Gasteiger partial charge in [-0.3, -0.25) is 0 Å². The lowest BCUT2D eigenvalue weighted by atomic mass is 10.1. The highest BCUT2D eigenvalue weighted by molar-refractivity contribution is 4.87. The van der Waals surface area contributed by atoms with Crippen molar-refractivity contribution in [1.82, 2.24) is 0 Å². The van der Waals surface area contributed by atoms with Gasteiger partial charge in [-0.05, 0) is 12.8 Å². The average Bonchev–Trinajstić information content (AvgIpc) is 1.87. The Labute approximate surface area is 68.9 Å². The molecule has 0 aliphatic carbocycles. The summed E-state index contributed by atoms with van der Waals surface area (Å²) in [5.74, 6) is -0.478. The van der Waals surface area contributed by atoms with Gasteiger partial charge < -0.3 is 9.84 Å². The second-order valence-corrected chi connectivity index (χ2v) is 3.26. The number of rotatable bonds is 4. The minimum Gasteiger partial charge on any atom is -0.365 e. The maximum absolute atomic E-state index is 9.36. The van der Waals surface area contributed by atoms with Crippen molar-refractivity contribution in [1.29, 1.82) is 0 Å². The van der Waals surface area contributed by atoms with Crippen molar-refractivity contribution >= 4 is 0 Å². The fourth-order valence-electron chi connectivity index (χ4n) is 0.642. The van der Waals surface area contributed by atoms with Gasteiger partial charge in [-0.1, -0.05) is 26.0 Å². The molecule has 0 aliphatic rings. The summed E-state index contributed by atoms with van der Waals surface area (Å²) in [6, 6.07) is 0. The van der Waals surface area contributed by atoms with Gasteiger partial charge in [0.15, 0.2) is 5.79 Å². The zero-order valence-electron chi connectivity index (χ0n) is 7.79. The summed E-state index contributed by atoms with van der Waals surface area (Å²) in [4.78, 5) is 0. The maximum Gasteiger partial charge on any atom is 0.165 e. The molecule has 2 nitrogen and oxygen atoms in total. The zero-order chi connectivity index (χ0) is 8.91. The van der Waals surface area contributed by atoms with Crippen LogP contribution in [-0.4, -0.2) is 18.0 Å². The van der Waals surface area contributed by atoms with Crippen molar-refractivity contribution in [2.45, 2.75) is 33.0 Å². The van der Waals surface area contributed by atoms with E-state index in [2.05, 4.69) is 13.8 Å². The fraction of sp³-hybridized carbons (Fsp3) is 0.778. The fourth-order valence-corrected chi connectivity index (χ4v) is 0.642. The van der Waals surface area contributed by atoms with Gasteiger partial charge in [0, 0.05) is 13.5 Å². The third-order valence-corrected chi connectivity index (χ3v) is 1.46. The lowest BCUT2D eigenvalue weighted by molar-refractivity contribution is -0.167. The number of allylic oxidation sites excluding steroid dienone is 1. The van der Waals surface area contributed by atoms with Crippen LogP contribution in [0.25, 0.3) is 0 Å². The Bertz CT molecular complexity index is 126. The minimum absolute atomic E-state index is 0.530. The van der Waals surface area contributed by atoms with Crippen molar-refractivity contribution < 1.29 is 9.84 Å². The number of hydrogen-bond acceptors (Lipinski definition) is 2. The molecule has 0 amide bonds. The first-order valence-corrected chi connectivity index (χ1v) is 3.92. The van der Waals surface area contributed by atoms with Crippen LogP contribution in [-0.2, 0) is 4.74 Å². The van der Waals surface area contributed by atoms with Crippen LogP contribution in [0.5, 0.6) is 0 Å². The summed E-state index contributed by atoms with van der Waals surface area (Å²) in [5, 5.41) is 9.36. The summed E-state index contributed by atoms with van der Waals surface area (Å²) < 4.78 is 4.82. The lowest BCUT2D eigenvalue weighted by Crippen LogP contribution is -2.25. The first-order chi connectivity index (χ1) is 4.98. The summed E-state index contributed by atoms with van der Waals surface area (Å²) >= 11 is 0. The molecule has 0 heterocycles. The van der Waals surface area contributed by atoms with Crippen molar-refractivity contribution in [2.75, 3.05) is 7.11 Å². The first kappa shape index (κ1) is 10.7. The highest BCUT2D eigenvalue weighted by Gasteiger charge is 2.15. The quantitative estimate of drug-likeness (QED) is 0.500. The standard InChI is InChI=1S/C9H18O2/c1-8(2)6-5-7-9(3,10)11-4/h5-6,8,10H,7H2,1-4H3. The van der Waals surface area contributed by atoms with Crippen LogP contribution in [0.2, 0.25) is 0 Å². The van der Waals surface area contributed by atoms with Crippen LogP contribution in [0.4, 0.5) is 0 Å². The Kier molecular flexibility index (Phi) is 4.38. The molecule has 66 valence electrons. The van der Waals surface area contributed by atoms with Crippen molar-refractivity contribution in [3.8, 4) is 0 Å². The SMILES string of the molecule is COC(C)(O)CC=CC(C)C. The molecule has 1 atom stereocenters. The summed E-state index contributed by atoms with van der Waals surface area (Å²) in [6.45, 7) is 5.84. The van der Waals surface area contributed by atoms with Crippen LogP contribution in [0.1, 0.15) is 27.2 Å². The molecule has 0 radical (unpaired) electrons. The molecule has 11 heavy (non-hydrogen) atoms. The first-order valence-electron chi connectivity index (χ1n) is 3.92. The molecule has 0 rings (SSSR count). The Balaban J connectivity index is 3.69. The predicted molar refractivity (Wildman–Crippen MR) is 46.2 cm³/mol. The van der Waals surface area contributed by atoms with E-state index >= 15 is 0 Å². The molecule has 0 saturated carbocycles. The monoisotopic (exact) mass is 158 g/mol. The van der Waals surface area contributed by atoms with E-state index < -0.39 is 5.79 Å². The van der Waals surface area contributed by atoms with Crippen LogP contribution in [0.3, 0.4) is 0 Å². The molecule has 0 spiro atoms. The molecular weight excluding hydrogens is 140 g/mol. The molecule has 0 aromatic rings. The number of methoxy groups -OCH3 is 1. The van der Waals surface area contributed by atoms with Crippen molar-refractivity contribution in [2.24, 2.45) is 5.92 Å². The largest absolute Gasteiger partial charge is 0.365 e. The number of ether oxygens (including phenoxy) is 1. The highest BCUT2D eigenvalue weighted by Crippen LogP contribution is 2.10. The van der Waals surface area contributed by atoms with E-state index in [1.165, 1.54) is 7.11 Å². The maximum atomic E-state index is 9.36. The molecule has 0 aromatic heterocycles. The molecule has 0 fully saturated rings. The van der Waals surface area contributed by atoms with E-state index in [-0.39, 0.29) is 0 Å². The third-order valence-electron chi connectivity index (χ3n) is 1.46. The summed E-state index contributed by atoms with van der Waals surface area (Å²) in [5.41, 5.74) is 0. The third kappa shape index (κ3) is 6.07. The van der Waals surface area contributed by atoms with Gasteiger partial charge in [0.25, 0.3) is 0 Å². The van der Waals surface area contributed by atoms with Crippen LogP contribution in [0.15, 0.2) is 12.2 Å². The predicted octanol–water partition coefficient (Wildman–Crippen LogP) is 1.94. The zero-order valence-corrected chi connectivity index (χ0v) is 7.79. The van der Waals surface area contributed by atoms with Gasteiger partial charge in [0.2, 0.25) is 0 Å². The number of hydrogen-bond donors (Lipinski definition) is 1. The Morgan fingerprint density at radius 3 is 2.45 bits per heavy atom. The van der Waals surface area contributed by atoms with Gasteiger partial charge in [-0.25, -0.2) is 0 Å². The van der Waals surface area contributed by atoms with E-state index in [0.717, 1.165) is 0 Å². The van der Waals surface area contributed by atoms with E-state index in [4.69, 9.17) is 4.74 Å². The Morgan fingerprint density at radius 1 is 1.55 bits per heavy atom. The number of aliphatic hydroxyl groups is 1. The van der Waals surface area contributed by atoms with Crippen LogP contribution >= 0.6 is 0 Å². The summed E-state index contributed by atoms with van der Waals surface area (Å²) in [7, 11) is 1.50. The molecule has 0 aliphatic heterocycles. The second kappa shape index (κ2) is 4.52. The Morgan fingerprint density at radius 2 is 2.09 bits per heavy atom. The molecule has 0 aromatic carbocycles. The van der Waals surface area contributed by atoms with E-state index in [0.29, 0.717) is 12.3 Å². The van der Waals surface area contributed by atoms with Gasteiger partial charge >= 0.3 is 0 Å². The minimum atomic E-state index is -1.01. The van der Waals surface area contributed by atoms with Crippen molar-refractivity contribution in [3.05, 3.63) is 12.2 Å². The average molecular weight is 158 g/mol. The van der Waals surface area contributed by atoms with E-state index in [1.54, 1.807) is 6.92 Å². The second-order valence-electron chi connectivity index (χ2n) is 3.26. The van der Waals surface area contributed by atoms with Crippen LogP contribution in [0, 0.1) is 5.92 Å². The van der Waals surface area contributed by atoms with E-state index in [9.17, 15) is 5.11 Å². The lowest BCUT2D eigenvalue weighted by Gasteiger charge is -2.18. The highest BCUT2D eigenvalue weighted by atomic mass is 16.6. The van der Waals surface area contributed by atoms with Gasteiger partial charge in [0.1, 0.15) is 0 Å². The van der Waals surface area contributed by atoms with Gasteiger partial charge in [-0.2, -0.15) is 0 Å². The molecule has 2 heteroatoms. The molecule has 0 bridgehead atoms.